The molecule has 0 aliphatic rings. The Morgan fingerprint density at radius 1 is 1.73 bits per heavy atom. The van der Waals surface area contributed by atoms with Gasteiger partial charge in [-0.25, -0.2) is 0 Å². The number of hydrogen-bond donors (Lipinski definition) is 2. The Morgan fingerprint density at radius 2 is 2.40 bits per heavy atom. The van der Waals surface area contributed by atoms with Gasteiger partial charge in [-0.05, 0) is 18.5 Å². The predicted molar refractivity (Wildman–Crippen MR) is 55.0 cm³/mol. The number of carbonyl (C=O) groups is 1. The van der Waals surface area contributed by atoms with Crippen LogP contribution >= 0.6 is 11.5 Å². The van der Waals surface area contributed by atoms with E-state index in [0.717, 1.165) is 11.5 Å². The van der Waals surface area contributed by atoms with Crippen LogP contribution in [0, 0.1) is 6.92 Å². The molecule has 3 N–H and O–H groups in total. The van der Waals surface area contributed by atoms with Crippen LogP contribution in [0.1, 0.15) is 15.4 Å². The Bertz CT molecular complexity index is 388. The van der Waals surface area contributed by atoms with E-state index >= 15 is 0 Å². The normalized spacial score (nSPS) is 11.5. The zero-order valence-corrected chi connectivity index (χ0v) is 9.15. The van der Waals surface area contributed by atoms with Crippen molar-refractivity contribution in [3.63, 3.8) is 0 Å². The molecule has 0 aliphatic heterocycles. The summed E-state index contributed by atoms with van der Waals surface area (Å²) in [6, 6.07) is 0. The average molecular weight is 229 g/mol. The van der Waals surface area contributed by atoms with Gasteiger partial charge in [0.05, 0.1) is 12.2 Å². The van der Waals surface area contributed by atoms with Gasteiger partial charge in [0.25, 0.3) is 5.91 Å². The summed E-state index contributed by atoms with van der Waals surface area (Å²) in [7, 11) is 1.56. The molecule has 0 spiro atoms. The van der Waals surface area contributed by atoms with Gasteiger partial charge >= 0.3 is 0 Å². The number of hydrogen-bond acceptors (Lipinski definition) is 6. The maximum absolute atomic E-state index is 11.7. The lowest BCUT2D eigenvalue weighted by Crippen LogP contribution is -2.35. The van der Waals surface area contributed by atoms with Gasteiger partial charge in [-0.3, -0.25) is 4.79 Å². The number of amides is 1. The van der Waals surface area contributed by atoms with Crippen molar-refractivity contribution in [2.75, 3.05) is 13.6 Å². The molecule has 7 nitrogen and oxygen atoms in total. The highest BCUT2D eigenvalue weighted by molar-refractivity contribution is 7.07. The van der Waals surface area contributed by atoms with Gasteiger partial charge in [0.2, 0.25) is 0 Å². The molecular formula is C7H11N5O2S. The predicted octanol–water partition coefficient (Wildman–Crippen LogP) is -0.335. The number of amidine groups is 1. The quantitative estimate of drug-likeness (QED) is 0.319. The van der Waals surface area contributed by atoms with Crippen LogP contribution in [0.3, 0.4) is 0 Å². The Kier molecular flexibility index (Phi) is 3.56. The standard InChI is InChI=1S/C7H11N5O2S/c1-4-6(15-11-9-4)7(13)12(2)3-5(8)10-14/h14H,3H2,1-2H3,(H2,8,10). The molecule has 1 aromatic heterocycles. The molecule has 8 heteroatoms. The Labute approximate surface area is 90.4 Å². The molecule has 0 radical (unpaired) electrons. The molecule has 0 aromatic carbocycles. The fourth-order valence-corrected chi connectivity index (χ4v) is 1.60. The minimum atomic E-state index is -0.242. The fraction of sp³-hybridized carbons (Fsp3) is 0.429. The molecule has 0 saturated carbocycles. The summed E-state index contributed by atoms with van der Waals surface area (Å²) in [5.74, 6) is -0.268. The van der Waals surface area contributed by atoms with Gasteiger partial charge in [-0.15, -0.1) is 5.10 Å². The van der Waals surface area contributed by atoms with E-state index in [2.05, 4.69) is 14.7 Å². The van der Waals surface area contributed by atoms with E-state index in [1.807, 2.05) is 0 Å². The molecule has 15 heavy (non-hydrogen) atoms. The second-order valence-electron chi connectivity index (χ2n) is 2.94. The third-order valence-corrected chi connectivity index (χ3v) is 2.54. The molecule has 0 saturated heterocycles. The van der Waals surface area contributed by atoms with E-state index in [0.29, 0.717) is 10.6 Å². The van der Waals surface area contributed by atoms with Crippen LogP contribution in [0.4, 0.5) is 0 Å². The van der Waals surface area contributed by atoms with Crippen LogP contribution in [-0.2, 0) is 0 Å². The monoisotopic (exact) mass is 229 g/mol. The third kappa shape index (κ3) is 2.62. The van der Waals surface area contributed by atoms with Gasteiger partial charge in [0.15, 0.2) is 5.84 Å². The van der Waals surface area contributed by atoms with Crippen molar-refractivity contribution in [1.29, 1.82) is 0 Å². The SMILES string of the molecule is Cc1nnsc1C(=O)N(C)CC(N)=NO. The molecule has 1 amide bonds. The van der Waals surface area contributed by atoms with E-state index in [1.54, 1.807) is 14.0 Å². The van der Waals surface area contributed by atoms with Crippen molar-refractivity contribution >= 4 is 23.3 Å². The van der Waals surface area contributed by atoms with Crippen molar-refractivity contribution in [3.05, 3.63) is 10.6 Å². The number of rotatable bonds is 3. The van der Waals surface area contributed by atoms with E-state index in [1.165, 1.54) is 4.90 Å². The molecular weight excluding hydrogens is 218 g/mol. The molecule has 0 atom stereocenters. The molecule has 0 unspecified atom stereocenters. The number of oxime groups is 1. The number of aromatic nitrogens is 2. The molecule has 82 valence electrons. The van der Waals surface area contributed by atoms with Crippen LogP contribution < -0.4 is 5.73 Å². The van der Waals surface area contributed by atoms with Crippen LogP contribution in [0.25, 0.3) is 0 Å². The van der Waals surface area contributed by atoms with Gasteiger partial charge < -0.3 is 15.8 Å². The first-order valence-electron chi connectivity index (χ1n) is 4.07. The molecule has 0 fully saturated rings. The molecule has 1 rings (SSSR count). The Balaban J connectivity index is 2.74. The second kappa shape index (κ2) is 4.69. The highest BCUT2D eigenvalue weighted by atomic mass is 32.1. The van der Waals surface area contributed by atoms with Crippen LogP contribution in [0.15, 0.2) is 5.16 Å². The number of aryl methyl sites for hydroxylation is 1. The number of likely N-dealkylation sites (N-methyl/N-ethyl adjacent to an activating group) is 1. The summed E-state index contributed by atoms with van der Waals surface area (Å²) in [6.07, 6.45) is 0. The van der Waals surface area contributed by atoms with Crippen LogP contribution in [-0.4, -0.2) is 45.0 Å². The maximum atomic E-state index is 11.7. The van der Waals surface area contributed by atoms with E-state index in [4.69, 9.17) is 10.9 Å². The highest BCUT2D eigenvalue weighted by Crippen LogP contribution is 2.11. The van der Waals surface area contributed by atoms with Crippen molar-refractivity contribution in [2.45, 2.75) is 6.92 Å². The lowest BCUT2D eigenvalue weighted by molar-refractivity contribution is 0.0817. The summed E-state index contributed by atoms with van der Waals surface area (Å²) in [5, 5.41) is 14.9. The third-order valence-electron chi connectivity index (χ3n) is 1.72. The fourth-order valence-electron chi connectivity index (χ4n) is 0.948. The lowest BCUT2D eigenvalue weighted by Gasteiger charge is -2.14. The second-order valence-corrected chi connectivity index (χ2v) is 3.69. The largest absolute Gasteiger partial charge is 0.409 e. The van der Waals surface area contributed by atoms with Crippen LogP contribution in [0.2, 0.25) is 0 Å². The first kappa shape index (κ1) is 11.4. The van der Waals surface area contributed by atoms with Gasteiger partial charge in [0, 0.05) is 7.05 Å². The highest BCUT2D eigenvalue weighted by Gasteiger charge is 2.18. The Hall–Kier alpha value is -1.70. The van der Waals surface area contributed by atoms with E-state index in [-0.39, 0.29) is 18.3 Å². The smallest absolute Gasteiger partial charge is 0.267 e. The summed E-state index contributed by atoms with van der Waals surface area (Å²) in [4.78, 5) is 13.5. The Morgan fingerprint density at radius 3 is 2.87 bits per heavy atom. The zero-order chi connectivity index (χ0) is 11.4. The molecule has 1 heterocycles. The average Bonchev–Trinajstić information content (AvgIpc) is 2.63. The van der Waals surface area contributed by atoms with Crippen molar-refractivity contribution in [3.8, 4) is 0 Å². The first-order chi connectivity index (χ1) is 7.06. The maximum Gasteiger partial charge on any atom is 0.267 e. The van der Waals surface area contributed by atoms with Crippen molar-refractivity contribution in [1.82, 2.24) is 14.5 Å². The van der Waals surface area contributed by atoms with Gasteiger partial charge in [0.1, 0.15) is 4.88 Å². The lowest BCUT2D eigenvalue weighted by atomic mass is 10.3. The summed E-state index contributed by atoms with van der Waals surface area (Å²) in [5.41, 5.74) is 5.86. The molecule has 0 aliphatic carbocycles. The van der Waals surface area contributed by atoms with E-state index in [9.17, 15) is 4.79 Å². The summed E-state index contributed by atoms with van der Waals surface area (Å²) in [6.45, 7) is 1.76. The van der Waals surface area contributed by atoms with E-state index < -0.39 is 0 Å². The van der Waals surface area contributed by atoms with Crippen molar-refractivity contribution in [2.24, 2.45) is 10.9 Å². The molecule has 0 bridgehead atoms. The van der Waals surface area contributed by atoms with Crippen molar-refractivity contribution < 1.29 is 10.0 Å². The van der Waals surface area contributed by atoms with Gasteiger partial charge in [-0.1, -0.05) is 9.64 Å². The molecule has 1 aromatic rings. The minimum absolute atomic E-state index is 0.0269. The zero-order valence-electron chi connectivity index (χ0n) is 8.34. The summed E-state index contributed by atoms with van der Waals surface area (Å²) < 4.78 is 3.66. The summed E-state index contributed by atoms with van der Waals surface area (Å²) >= 11 is 1.03. The first-order valence-corrected chi connectivity index (χ1v) is 4.84. The van der Waals surface area contributed by atoms with Gasteiger partial charge in [-0.2, -0.15) is 0 Å². The van der Waals surface area contributed by atoms with Crippen LogP contribution in [0.5, 0.6) is 0 Å². The number of nitrogens with two attached hydrogens (primary N) is 1. The topological polar surface area (TPSA) is 105 Å². The minimum Gasteiger partial charge on any atom is -0.409 e. The number of nitrogens with zero attached hydrogens (tertiary/aromatic N) is 4. The number of carbonyl (C=O) groups excluding carboxylic acids is 1.